The molecule has 5 heteroatoms. The molecule has 144 valence electrons. The molecule has 1 heterocycles. The van der Waals surface area contributed by atoms with E-state index in [0.717, 1.165) is 58.1 Å². The first kappa shape index (κ1) is 20.2. The van der Waals surface area contributed by atoms with E-state index in [-0.39, 0.29) is 11.9 Å². The zero-order chi connectivity index (χ0) is 18.1. The Hall–Kier alpha value is -1.10. The van der Waals surface area contributed by atoms with Crippen LogP contribution in [0.3, 0.4) is 0 Å². The fraction of sp³-hybridized carbons (Fsp3) is 0.900. The van der Waals surface area contributed by atoms with E-state index in [0.29, 0.717) is 12.0 Å². The summed E-state index contributed by atoms with van der Waals surface area (Å²) in [5.41, 5.74) is 1.27. The molecule has 0 spiro atoms. The van der Waals surface area contributed by atoms with Gasteiger partial charge in [0, 0.05) is 19.4 Å². The molecule has 0 unspecified atom stereocenters. The van der Waals surface area contributed by atoms with E-state index >= 15 is 0 Å². The van der Waals surface area contributed by atoms with Crippen LogP contribution in [-0.2, 0) is 14.3 Å². The number of rotatable bonds is 9. The second-order valence-corrected chi connectivity index (χ2v) is 7.56. The number of methoxy groups -OCH3 is 2. The summed E-state index contributed by atoms with van der Waals surface area (Å²) in [5, 5.41) is 7.29. The van der Waals surface area contributed by atoms with Crippen LogP contribution in [0.15, 0.2) is 5.10 Å². The van der Waals surface area contributed by atoms with E-state index in [1.165, 1.54) is 32.1 Å². The molecular weight excluding hydrogens is 316 g/mol. The lowest BCUT2D eigenvalue weighted by Crippen LogP contribution is -2.32. The third-order valence-corrected chi connectivity index (χ3v) is 5.70. The van der Waals surface area contributed by atoms with Crippen molar-refractivity contribution in [3.05, 3.63) is 0 Å². The molecule has 1 saturated carbocycles. The van der Waals surface area contributed by atoms with Gasteiger partial charge in [0.25, 0.3) is 0 Å². The molecule has 0 radical (unpaired) electrons. The van der Waals surface area contributed by atoms with Gasteiger partial charge < -0.3 is 9.47 Å². The second kappa shape index (κ2) is 10.8. The predicted molar refractivity (Wildman–Crippen MR) is 101 cm³/mol. The summed E-state index contributed by atoms with van der Waals surface area (Å²) < 4.78 is 10.4. The summed E-state index contributed by atoms with van der Waals surface area (Å²) in [6, 6.07) is 0.407. The number of hydrazone groups is 1. The van der Waals surface area contributed by atoms with Crippen molar-refractivity contribution in [1.82, 2.24) is 5.01 Å². The molecule has 0 aromatic heterocycles. The standard InChI is InChI=1S/C20H36N2O3/c1-4-5-10-17(21-22-13-8-11-18(22)15-24-2)14-16-9-6-7-12-19(16)20(23)25-3/h16,18-19H,4-15H2,1-3H3/b21-17-/t16-,18+,19+/m1/s1. The van der Waals surface area contributed by atoms with Gasteiger partial charge in [-0.1, -0.05) is 26.2 Å². The summed E-state index contributed by atoms with van der Waals surface area (Å²) in [7, 11) is 3.28. The second-order valence-electron chi connectivity index (χ2n) is 7.56. The lowest BCUT2D eigenvalue weighted by atomic mass is 9.76. The van der Waals surface area contributed by atoms with Gasteiger partial charge in [0.15, 0.2) is 0 Å². The molecule has 2 aliphatic rings. The number of hydrogen-bond donors (Lipinski definition) is 0. The average molecular weight is 353 g/mol. The highest BCUT2D eigenvalue weighted by molar-refractivity contribution is 5.85. The fourth-order valence-corrected chi connectivity index (χ4v) is 4.29. The summed E-state index contributed by atoms with van der Waals surface area (Å²) >= 11 is 0. The molecule has 25 heavy (non-hydrogen) atoms. The minimum Gasteiger partial charge on any atom is -0.469 e. The van der Waals surface area contributed by atoms with Crippen molar-refractivity contribution in [2.24, 2.45) is 16.9 Å². The van der Waals surface area contributed by atoms with Gasteiger partial charge in [0.1, 0.15) is 0 Å². The third kappa shape index (κ3) is 5.98. The van der Waals surface area contributed by atoms with Crippen LogP contribution in [-0.4, -0.2) is 50.1 Å². The van der Waals surface area contributed by atoms with Gasteiger partial charge in [-0.2, -0.15) is 5.10 Å². The Morgan fingerprint density at radius 2 is 1.96 bits per heavy atom. The Morgan fingerprint density at radius 1 is 1.16 bits per heavy atom. The van der Waals surface area contributed by atoms with Crippen LogP contribution in [0, 0.1) is 11.8 Å². The SMILES string of the molecule is CCCC/C(C[C@H]1CCCC[C@@H]1C(=O)OC)=N/N1CCC[C@H]1COC. The third-order valence-electron chi connectivity index (χ3n) is 5.70. The monoisotopic (exact) mass is 352 g/mol. The fourth-order valence-electron chi connectivity index (χ4n) is 4.29. The van der Waals surface area contributed by atoms with Crippen molar-refractivity contribution < 1.29 is 14.3 Å². The molecule has 0 amide bonds. The molecule has 0 N–H and O–H groups in total. The van der Waals surface area contributed by atoms with Crippen LogP contribution in [0.5, 0.6) is 0 Å². The van der Waals surface area contributed by atoms with E-state index in [4.69, 9.17) is 14.6 Å². The lowest BCUT2D eigenvalue weighted by Gasteiger charge is -2.30. The summed E-state index contributed by atoms with van der Waals surface area (Å²) in [6.45, 7) is 3.99. The van der Waals surface area contributed by atoms with Gasteiger partial charge in [-0.05, 0) is 50.9 Å². The van der Waals surface area contributed by atoms with E-state index in [2.05, 4.69) is 11.9 Å². The summed E-state index contributed by atoms with van der Waals surface area (Å²) in [6.07, 6.45) is 11.1. The first-order valence-corrected chi connectivity index (χ1v) is 10.1. The molecule has 2 fully saturated rings. The minimum atomic E-state index is -0.0297. The largest absolute Gasteiger partial charge is 0.469 e. The Labute approximate surface area is 153 Å². The van der Waals surface area contributed by atoms with Gasteiger partial charge in [0.05, 0.1) is 25.7 Å². The first-order valence-electron chi connectivity index (χ1n) is 10.1. The molecule has 1 aliphatic heterocycles. The van der Waals surface area contributed by atoms with Gasteiger partial charge in [-0.25, -0.2) is 0 Å². The molecule has 0 aromatic carbocycles. The maximum Gasteiger partial charge on any atom is 0.308 e. The Balaban J connectivity index is 2.07. The average Bonchev–Trinajstić information content (AvgIpc) is 3.06. The van der Waals surface area contributed by atoms with Crippen molar-refractivity contribution in [2.75, 3.05) is 27.4 Å². The first-order chi connectivity index (χ1) is 12.2. The number of carbonyl (C=O) groups excluding carboxylic acids is 1. The highest BCUT2D eigenvalue weighted by atomic mass is 16.5. The molecule has 0 aromatic rings. The van der Waals surface area contributed by atoms with Crippen molar-refractivity contribution >= 4 is 11.7 Å². The van der Waals surface area contributed by atoms with Gasteiger partial charge in [-0.15, -0.1) is 0 Å². The smallest absolute Gasteiger partial charge is 0.308 e. The van der Waals surface area contributed by atoms with Crippen LogP contribution in [0.25, 0.3) is 0 Å². The zero-order valence-electron chi connectivity index (χ0n) is 16.3. The number of esters is 1. The van der Waals surface area contributed by atoms with Gasteiger partial charge in [-0.3, -0.25) is 9.80 Å². The van der Waals surface area contributed by atoms with E-state index in [1.807, 2.05) is 0 Å². The molecule has 5 nitrogen and oxygen atoms in total. The number of nitrogens with zero attached hydrogens (tertiary/aromatic N) is 2. The Bertz CT molecular complexity index is 439. The van der Waals surface area contributed by atoms with Crippen LogP contribution in [0.4, 0.5) is 0 Å². The number of unbranched alkanes of at least 4 members (excludes halogenated alkanes) is 1. The number of ether oxygens (including phenoxy) is 2. The molecule has 3 atom stereocenters. The molecule has 2 rings (SSSR count). The predicted octanol–water partition coefficient (Wildman–Crippen LogP) is 4.01. The topological polar surface area (TPSA) is 51.1 Å². The molecular formula is C20H36N2O3. The van der Waals surface area contributed by atoms with Crippen LogP contribution >= 0.6 is 0 Å². The zero-order valence-corrected chi connectivity index (χ0v) is 16.3. The highest BCUT2D eigenvalue weighted by Gasteiger charge is 2.33. The van der Waals surface area contributed by atoms with E-state index in [1.54, 1.807) is 7.11 Å². The maximum atomic E-state index is 12.2. The molecule has 0 bridgehead atoms. The van der Waals surface area contributed by atoms with E-state index < -0.39 is 0 Å². The summed E-state index contributed by atoms with van der Waals surface area (Å²) in [5.74, 6) is 0.414. The highest BCUT2D eigenvalue weighted by Crippen LogP contribution is 2.34. The number of carbonyl (C=O) groups is 1. The number of hydrogen-bond acceptors (Lipinski definition) is 5. The van der Waals surface area contributed by atoms with Crippen molar-refractivity contribution in [1.29, 1.82) is 0 Å². The Kier molecular flexibility index (Phi) is 8.73. The maximum absolute atomic E-state index is 12.2. The summed E-state index contributed by atoms with van der Waals surface area (Å²) in [4.78, 5) is 12.2. The van der Waals surface area contributed by atoms with Crippen LogP contribution in [0.1, 0.15) is 71.1 Å². The quantitative estimate of drug-likeness (QED) is 0.465. The van der Waals surface area contributed by atoms with Gasteiger partial charge >= 0.3 is 5.97 Å². The normalized spacial score (nSPS) is 27.6. The van der Waals surface area contributed by atoms with Crippen LogP contribution in [0.2, 0.25) is 0 Å². The van der Waals surface area contributed by atoms with E-state index in [9.17, 15) is 4.79 Å². The molecule has 1 aliphatic carbocycles. The van der Waals surface area contributed by atoms with Crippen molar-refractivity contribution in [3.8, 4) is 0 Å². The van der Waals surface area contributed by atoms with Crippen LogP contribution < -0.4 is 0 Å². The van der Waals surface area contributed by atoms with Gasteiger partial charge in [0.2, 0.25) is 0 Å². The van der Waals surface area contributed by atoms with Crippen molar-refractivity contribution in [3.63, 3.8) is 0 Å². The minimum absolute atomic E-state index is 0.0297. The molecule has 1 saturated heterocycles. The lowest BCUT2D eigenvalue weighted by molar-refractivity contribution is -0.148. The Morgan fingerprint density at radius 3 is 2.68 bits per heavy atom. The van der Waals surface area contributed by atoms with Crippen molar-refractivity contribution in [2.45, 2.75) is 77.2 Å².